The number of aromatic nitrogens is 1. The maximum absolute atomic E-state index is 5.83. The number of hydrogen-bond donors (Lipinski definition) is 1. The first kappa shape index (κ1) is 15.0. The van der Waals surface area contributed by atoms with Crippen LogP contribution in [0.5, 0.6) is 0 Å². The fraction of sp³-hybridized carbons (Fsp3) is 0.188. The van der Waals surface area contributed by atoms with E-state index in [1.807, 2.05) is 31.3 Å². The largest absolute Gasteiger partial charge is 0.441 e. The van der Waals surface area contributed by atoms with Crippen molar-refractivity contribution in [2.45, 2.75) is 12.5 Å². The lowest BCUT2D eigenvalue weighted by Gasteiger charge is -2.17. The average Bonchev–Trinajstić information content (AvgIpc) is 2.90. The van der Waals surface area contributed by atoms with Gasteiger partial charge in [0, 0.05) is 20.5 Å². The van der Waals surface area contributed by atoms with Gasteiger partial charge in [0.05, 0.1) is 0 Å². The van der Waals surface area contributed by atoms with Crippen molar-refractivity contribution in [1.29, 1.82) is 0 Å². The summed E-state index contributed by atoms with van der Waals surface area (Å²) in [5, 5.41) is 3.35. The van der Waals surface area contributed by atoms with Gasteiger partial charge in [-0.1, -0.05) is 28.1 Å². The van der Waals surface area contributed by atoms with Crippen molar-refractivity contribution in [3.05, 3.63) is 62.0 Å². The molecule has 1 heterocycles. The number of hydrogen-bond acceptors (Lipinski definition) is 3. The van der Waals surface area contributed by atoms with Crippen molar-refractivity contribution < 1.29 is 4.42 Å². The Morgan fingerprint density at radius 3 is 2.86 bits per heavy atom. The van der Waals surface area contributed by atoms with Gasteiger partial charge in [-0.2, -0.15) is 0 Å². The zero-order chi connectivity index (χ0) is 14.8. The lowest BCUT2D eigenvalue weighted by molar-refractivity contribution is 0.473. The van der Waals surface area contributed by atoms with Crippen LogP contribution >= 0.6 is 38.5 Å². The second-order valence-corrected chi connectivity index (χ2v) is 6.86. The number of para-hydroxylation sites is 2. The van der Waals surface area contributed by atoms with Crippen LogP contribution in [-0.4, -0.2) is 12.0 Å². The number of benzene rings is 2. The molecule has 0 aliphatic carbocycles. The molecule has 0 amide bonds. The second-order valence-electron chi connectivity index (χ2n) is 4.79. The summed E-state index contributed by atoms with van der Waals surface area (Å²) in [5.74, 6) is 0.756. The molecule has 3 nitrogen and oxygen atoms in total. The quantitative estimate of drug-likeness (QED) is 0.578. The highest BCUT2D eigenvalue weighted by molar-refractivity contribution is 14.1. The number of nitrogens with one attached hydrogen (secondary N) is 1. The predicted octanol–water partition coefficient (Wildman–Crippen LogP) is 4.70. The number of nitrogens with zero attached hydrogens (tertiary/aromatic N) is 1. The normalized spacial score (nSPS) is 12.7. The van der Waals surface area contributed by atoms with E-state index in [1.165, 1.54) is 9.13 Å². The minimum atomic E-state index is 0.169. The summed E-state index contributed by atoms with van der Waals surface area (Å²) in [7, 11) is 1.96. The highest BCUT2D eigenvalue weighted by Crippen LogP contribution is 2.27. The highest BCUT2D eigenvalue weighted by atomic mass is 127. The molecule has 2 aromatic carbocycles. The van der Waals surface area contributed by atoms with Crippen LogP contribution in [0.15, 0.2) is 51.4 Å². The van der Waals surface area contributed by atoms with Crippen LogP contribution in [0.4, 0.5) is 0 Å². The first-order chi connectivity index (χ1) is 10.2. The zero-order valence-electron chi connectivity index (χ0n) is 11.4. The number of halogens is 2. The van der Waals surface area contributed by atoms with Crippen molar-refractivity contribution in [3.8, 4) is 0 Å². The summed E-state index contributed by atoms with van der Waals surface area (Å²) in [6.07, 6.45) is 0.720. The molecule has 3 aromatic rings. The lowest BCUT2D eigenvalue weighted by Crippen LogP contribution is -2.20. The molecule has 0 aliphatic heterocycles. The van der Waals surface area contributed by atoms with Crippen molar-refractivity contribution in [2.75, 3.05) is 7.05 Å². The molecule has 1 unspecified atom stereocenters. The monoisotopic (exact) mass is 456 g/mol. The van der Waals surface area contributed by atoms with E-state index < -0.39 is 0 Å². The minimum Gasteiger partial charge on any atom is -0.441 e. The zero-order valence-corrected chi connectivity index (χ0v) is 15.2. The van der Waals surface area contributed by atoms with E-state index >= 15 is 0 Å². The van der Waals surface area contributed by atoms with Gasteiger partial charge in [-0.3, -0.25) is 0 Å². The van der Waals surface area contributed by atoms with Gasteiger partial charge in [-0.25, -0.2) is 4.98 Å². The third-order valence-electron chi connectivity index (χ3n) is 3.40. The van der Waals surface area contributed by atoms with E-state index in [-0.39, 0.29) is 6.04 Å². The molecule has 0 aliphatic rings. The van der Waals surface area contributed by atoms with E-state index in [1.54, 1.807) is 0 Å². The Balaban J connectivity index is 1.91. The van der Waals surface area contributed by atoms with Gasteiger partial charge in [0.2, 0.25) is 0 Å². The Hall–Kier alpha value is -0.920. The number of oxazole rings is 1. The molecule has 21 heavy (non-hydrogen) atoms. The second kappa shape index (κ2) is 6.46. The topological polar surface area (TPSA) is 38.1 Å². The summed E-state index contributed by atoms with van der Waals surface area (Å²) in [4.78, 5) is 4.56. The molecular formula is C16H14BrIN2O. The third kappa shape index (κ3) is 3.30. The molecule has 0 spiro atoms. The smallest absolute Gasteiger partial charge is 0.197 e. The molecule has 0 saturated heterocycles. The summed E-state index contributed by atoms with van der Waals surface area (Å²) in [6, 6.07) is 14.3. The first-order valence-electron chi connectivity index (χ1n) is 6.64. The fourth-order valence-corrected chi connectivity index (χ4v) is 3.42. The fourth-order valence-electron chi connectivity index (χ4n) is 2.33. The summed E-state index contributed by atoms with van der Waals surface area (Å²) in [6.45, 7) is 0. The van der Waals surface area contributed by atoms with Crippen molar-refractivity contribution in [3.63, 3.8) is 0 Å². The van der Waals surface area contributed by atoms with E-state index in [2.05, 4.69) is 67.0 Å². The average molecular weight is 457 g/mol. The molecule has 0 fully saturated rings. The number of fused-ring (bicyclic) bond motifs is 1. The Morgan fingerprint density at radius 1 is 1.29 bits per heavy atom. The summed E-state index contributed by atoms with van der Waals surface area (Å²) >= 11 is 5.90. The predicted molar refractivity (Wildman–Crippen MR) is 96.4 cm³/mol. The maximum Gasteiger partial charge on any atom is 0.197 e. The highest BCUT2D eigenvalue weighted by Gasteiger charge is 2.17. The molecule has 1 N–H and O–H groups in total. The molecule has 0 bridgehead atoms. The molecule has 1 atom stereocenters. The van der Waals surface area contributed by atoms with Gasteiger partial charge < -0.3 is 9.73 Å². The standard InChI is InChI=1S/C16H14BrIN2O/c1-19-14(11-8-10(17)6-7-12(11)18)9-16-20-13-4-2-3-5-15(13)21-16/h2-8,14,19H,9H2,1H3. The summed E-state index contributed by atoms with van der Waals surface area (Å²) in [5.41, 5.74) is 2.99. The Kier molecular flexibility index (Phi) is 4.61. The Labute approximate surface area is 145 Å². The molecule has 1 aromatic heterocycles. The Bertz CT molecular complexity index is 739. The van der Waals surface area contributed by atoms with Crippen LogP contribution < -0.4 is 5.32 Å². The van der Waals surface area contributed by atoms with Crippen LogP contribution in [0, 0.1) is 3.57 Å². The van der Waals surface area contributed by atoms with E-state index in [4.69, 9.17) is 4.42 Å². The first-order valence-corrected chi connectivity index (χ1v) is 8.51. The molecule has 0 saturated carbocycles. The minimum absolute atomic E-state index is 0.169. The van der Waals surface area contributed by atoms with E-state index in [0.717, 1.165) is 27.9 Å². The Morgan fingerprint density at radius 2 is 2.10 bits per heavy atom. The lowest BCUT2D eigenvalue weighted by atomic mass is 10.0. The van der Waals surface area contributed by atoms with Crippen LogP contribution in [0.1, 0.15) is 17.5 Å². The van der Waals surface area contributed by atoms with Crippen LogP contribution in [0.2, 0.25) is 0 Å². The van der Waals surface area contributed by atoms with Gasteiger partial charge in [0.25, 0.3) is 0 Å². The van der Waals surface area contributed by atoms with Gasteiger partial charge >= 0.3 is 0 Å². The van der Waals surface area contributed by atoms with Gasteiger partial charge in [0.1, 0.15) is 5.52 Å². The van der Waals surface area contributed by atoms with Gasteiger partial charge in [0.15, 0.2) is 11.5 Å². The third-order valence-corrected chi connectivity index (χ3v) is 4.87. The van der Waals surface area contributed by atoms with Gasteiger partial charge in [-0.05, 0) is 65.5 Å². The molecule has 5 heteroatoms. The van der Waals surface area contributed by atoms with Crippen molar-refractivity contribution in [1.82, 2.24) is 10.3 Å². The number of likely N-dealkylation sites (N-methyl/N-ethyl adjacent to an activating group) is 1. The van der Waals surface area contributed by atoms with Crippen LogP contribution in [0.25, 0.3) is 11.1 Å². The molecule has 0 radical (unpaired) electrons. The summed E-state index contributed by atoms with van der Waals surface area (Å²) < 4.78 is 8.13. The van der Waals surface area contributed by atoms with Crippen LogP contribution in [-0.2, 0) is 6.42 Å². The molecule has 108 valence electrons. The van der Waals surface area contributed by atoms with Gasteiger partial charge in [-0.15, -0.1) is 0 Å². The van der Waals surface area contributed by atoms with Crippen molar-refractivity contribution in [2.24, 2.45) is 0 Å². The van der Waals surface area contributed by atoms with E-state index in [9.17, 15) is 0 Å². The maximum atomic E-state index is 5.83. The molecule has 3 rings (SSSR count). The van der Waals surface area contributed by atoms with Crippen LogP contribution in [0.3, 0.4) is 0 Å². The number of rotatable bonds is 4. The SMILES string of the molecule is CNC(Cc1nc2ccccc2o1)c1cc(Br)ccc1I. The van der Waals surface area contributed by atoms with E-state index in [0.29, 0.717) is 0 Å². The molecular weight excluding hydrogens is 443 g/mol. The van der Waals surface area contributed by atoms with Crippen molar-refractivity contribution >= 4 is 49.6 Å².